The summed E-state index contributed by atoms with van der Waals surface area (Å²) in [4.78, 5) is 51.2. The highest BCUT2D eigenvalue weighted by atomic mass is 16.2. The maximum atomic E-state index is 13.0. The van der Waals surface area contributed by atoms with Gasteiger partial charge in [-0.2, -0.15) is 0 Å². The normalized spacial score (nSPS) is 15.2. The molecule has 3 amide bonds. The minimum absolute atomic E-state index is 0.0682. The molecule has 6 nitrogen and oxygen atoms in total. The van der Waals surface area contributed by atoms with Crippen LogP contribution < -0.4 is 5.32 Å². The van der Waals surface area contributed by atoms with E-state index in [1.807, 2.05) is 13.8 Å². The van der Waals surface area contributed by atoms with Crippen LogP contribution in [0.2, 0.25) is 0 Å². The summed E-state index contributed by atoms with van der Waals surface area (Å²) in [7, 11) is 0. The monoisotopic (exact) mass is 378 g/mol. The van der Waals surface area contributed by atoms with E-state index in [-0.39, 0.29) is 11.7 Å². The number of nitrogens with one attached hydrogen (secondary N) is 1. The maximum Gasteiger partial charge on any atom is 0.262 e. The van der Waals surface area contributed by atoms with E-state index in [0.717, 1.165) is 4.90 Å². The topological polar surface area (TPSA) is 83.6 Å². The number of ketones is 1. The molecule has 3 rings (SSSR count). The average molecular weight is 378 g/mol. The van der Waals surface area contributed by atoms with Crippen molar-refractivity contribution >= 4 is 29.2 Å². The van der Waals surface area contributed by atoms with Crippen molar-refractivity contribution in [2.24, 2.45) is 5.92 Å². The van der Waals surface area contributed by atoms with Crippen LogP contribution in [0, 0.1) is 5.92 Å². The fourth-order valence-electron chi connectivity index (χ4n) is 3.32. The lowest BCUT2D eigenvalue weighted by molar-refractivity contribution is -0.121. The van der Waals surface area contributed by atoms with Crippen molar-refractivity contribution in [1.29, 1.82) is 0 Å². The minimum Gasteiger partial charge on any atom is -0.324 e. The summed E-state index contributed by atoms with van der Waals surface area (Å²) in [6.07, 6.45) is 0.620. The molecule has 28 heavy (non-hydrogen) atoms. The van der Waals surface area contributed by atoms with Crippen LogP contribution in [-0.4, -0.2) is 34.4 Å². The van der Waals surface area contributed by atoms with Gasteiger partial charge in [0.25, 0.3) is 11.8 Å². The number of nitrogens with zero attached hydrogens (tertiary/aromatic N) is 1. The molecule has 6 heteroatoms. The smallest absolute Gasteiger partial charge is 0.262 e. The maximum absolute atomic E-state index is 13.0. The Morgan fingerprint density at radius 3 is 1.96 bits per heavy atom. The molecule has 1 aliphatic heterocycles. The van der Waals surface area contributed by atoms with Gasteiger partial charge in [-0.05, 0) is 49.2 Å². The lowest BCUT2D eigenvalue weighted by Crippen LogP contribution is -2.50. The Morgan fingerprint density at radius 2 is 1.50 bits per heavy atom. The molecule has 0 radical (unpaired) electrons. The van der Waals surface area contributed by atoms with Crippen LogP contribution in [0.5, 0.6) is 0 Å². The molecule has 0 fully saturated rings. The first-order chi connectivity index (χ1) is 13.3. The van der Waals surface area contributed by atoms with Crippen LogP contribution in [0.25, 0.3) is 0 Å². The van der Waals surface area contributed by atoms with Gasteiger partial charge in [0.1, 0.15) is 6.04 Å². The summed E-state index contributed by atoms with van der Waals surface area (Å²) < 4.78 is 0. The van der Waals surface area contributed by atoms with Gasteiger partial charge in [-0.3, -0.25) is 24.1 Å². The first kappa shape index (κ1) is 19.5. The van der Waals surface area contributed by atoms with Gasteiger partial charge in [0, 0.05) is 11.3 Å². The van der Waals surface area contributed by atoms with Gasteiger partial charge in [0.2, 0.25) is 5.91 Å². The van der Waals surface area contributed by atoms with E-state index in [4.69, 9.17) is 0 Å². The summed E-state index contributed by atoms with van der Waals surface area (Å²) in [6, 6.07) is 12.2. The summed E-state index contributed by atoms with van der Waals surface area (Å²) in [5, 5.41) is 2.77. The van der Waals surface area contributed by atoms with Crippen LogP contribution in [0.3, 0.4) is 0 Å². The number of benzene rings is 2. The summed E-state index contributed by atoms with van der Waals surface area (Å²) >= 11 is 0. The average Bonchev–Trinajstić information content (AvgIpc) is 2.94. The van der Waals surface area contributed by atoms with E-state index in [0.29, 0.717) is 28.8 Å². The third-order valence-corrected chi connectivity index (χ3v) is 5.11. The van der Waals surface area contributed by atoms with Crippen molar-refractivity contribution in [3.8, 4) is 0 Å². The Morgan fingerprint density at radius 1 is 0.964 bits per heavy atom. The van der Waals surface area contributed by atoms with E-state index in [1.54, 1.807) is 48.5 Å². The molecule has 0 bridgehead atoms. The number of hydrogen-bond donors (Lipinski definition) is 1. The molecular formula is C22H22N2O4. The largest absolute Gasteiger partial charge is 0.324 e. The molecule has 2 aromatic carbocycles. The number of imide groups is 1. The highest BCUT2D eigenvalue weighted by Crippen LogP contribution is 2.28. The molecular weight excluding hydrogens is 356 g/mol. The second-order valence-electron chi connectivity index (χ2n) is 6.98. The predicted octanol–water partition coefficient (Wildman–Crippen LogP) is 3.54. The van der Waals surface area contributed by atoms with E-state index in [1.165, 1.54) is 6.92 Å². The van der Waals surface area contributed by atoms with Crippen molar-refractivity contribution in [2.75, 3.05) is 5.32 Å². The minimum atomic E-state index is -0.926. The second-order valence-corrected chi connectivity index (χ2v) is 6.98. The highest BCUT2D eigenvalue weighted by Gasteiger charge is 2.44. The number of rotatable bonds is 6. The quantitative estimate of drug-likeness (QED) is 0.616. The van der Waals surface area contributed by atoms with Gasteiger partial charge in [0.05, 0.1) is 11.1 Å². The zero-order valence-corrected chi connectivity index (χ0v) is 16.1. The molecule has 2 atom stereocenters. The Kier molecular flexibility index (Phi) is 5.40. The van der Waals surface area contributed by atoms with Crippen LogP contribution in [0.4, 0.5) is 5.69 Å². The Labute approximate surface area is 163 Å². The van der Waals surface area contributed by atoms with E-state index >= 15 is 0 Å². The third kappa shape index (κ3) is 3.45. The third-order valence-electron chi connectivity index (χ3n) is 5.11. The lowest BCUT2D eigenvalue weighted by atomic mass is 9.96. The molecule has 144 valence electrons. The van der Waals surface area contributed by atoms with E-state index < -0.39 is 23.8 Å². The molecule has 1 aliphatic rings. The van der Waals surface area contributed by atoms with Crippen LogP contribution in [0.15, 0.2) is 48.5 Å². The van der Waals surface area contributed by atoms with Gasteiger partial charge in [-0.1, -0.05) is 32.4 Å². The molecule has 0 saturated carbocycles. The number of anilines is 1. The van der Waals surface area contributed by atoms with Gasteiger partial charge >= 0.3 is 0 Å². The standard InChI is InChI=1S/C22H22N2O4/c1-4-13(2)19(20(26)23-16-11-9-15(10-12-16)14(3)25)24-21(27)17-7-5-6-8-18(17)22(24)28/h5-13,19H,4H2,1-3H3,(H,23,26)/t13-,19-/m0/s1. The summed E-state index contributed by atoms with van der Waals surface area (Å²) in [6.45, 7) is 5.21. The fraction of sp³-hybridized carbons (Fsp3) is 0.273. The number of Topliss-reactive ketones (excluding diaryl/α,β-unsaturated/α-hetero) is 1. The van der Waals surface area contributed by atoms with Crippen LogP contribution >= 0.6 is 0 Å². The fourth-order valence-corrected chi connectivity index (χ4v) is 3.32. The Bertz CT molecular complexity index is 914. The lowest BCUT2D eigenvalue weighted by Gasteiger charge is -2.29. The molecule has 0 aliphatic carbocycles. The van der Waals surface area contributed by atoms with Crippen LogP contribution in [0.1, 0.15) is 58.3 Å². The highest BCUT2D eigenvalue weighted by molar-refractivity contribution is 6.23. The molecule has 0 spiro atoms. The van der Waals surface area contributed by atoms with Crippen molar-refractivity contribution in [2.45, 2.75) is 33.2 Å². The number of amides is 3. The molecule has 1 N–H and O–H groups in total. The van der Waals surface area contributed by atoms with E-state index in [9.17, 15) is 19.2 Å². The zero-order valence-electron chi connectivity index (χ0n) is 16.1. The Balaban J connectivity index is 1.88. The Hall–Kier alpha value is -3.28. The summed E-state index contributed by atoms with van der Waals surface area (Å²) in [5.74, 6) is -1.62. The molecule has 1 heterocycles. The van der Waals surface area contributed by atoms with Crippen molar-refractivity contribution in [3.05, 3.63) is 65.2 Å². The molecule has 0 saturated heterocycles. The SMILES string of the molecule is CC[C@H](C)[C@@H](C(=O)Nc1ccc(C(C)=O)cc1)N1C(=O)c2ccccc2C1=O. The summed E-state index contributed by atoms with van der Waals surface area (Å²) in [5.41, 5.74) is 1.68. The van der Waals surface area contributed by atoms with Crippen molar-refractivity contribution < 1.29 is 19.2 Å². The van der Waals surface area contributed by atoms with Crippen LogP contribution in [-0.2, 0) is 4.79 Å². The number of carbonyl (C=O) groups excluding carboxylic acids is 4. The number of hydrogen-bond acceptors (Lipinski definition) is 4. The van der Waals surface area contributed by atoms with Gasteiger partial charge < -0.3 is 5.32 Å². The van der Waals surface area contributed by atoms with E-state index in [2.05, 4.69) is 5.32 Å². The van der Waals surface area contributed by atoms with Gasteiger partial charge in [-0.15, -0.1) is 0 Å². The first-order valence-electron chi connectivity index (χ1n) is 9.24. The molecule has 2 aromatic rings. The number of fused-ring (bicyclic) bond motifs is 1. The zero-order chi connectivity index (χ0) is 20.4. The molecule has 0 aromatic heterocycles. The molecule has 0 unspecified atom stereocenters. The van der Waals surface area contributed by atoms with Crippen molar-refractivity contribution in [1.82, 2.24) is 4.90 Å². The first-order valence-corrected chi connectivity index (χ1v) is 9.24. The van der Waals surface area contributed by atoms with Gasteiger partial charge in [-0.25, -0.2) is 0 Å². The van der Waals surface area contributed by atoms with Crippen molar-refractivity contribution in [3.63, 3.8) is 0 Å². The second kappa shape index (κ2) is 7.76. The number of carbonyl (C=O) groups is 4. The predicted molar refractivity (Wildman–Crippen MR) is 105 cm³/mol. The van der Waals surface area contributed by atoms with Gasteiger partial charge in [0.15, 0.2) is 5.78 Å².